The van der Waals surface area contributed by atoms with Gasteiger partial charge in [-0.05, 0) is 195 Å². The number of hydrogen-bond acceptors (Lipinski definition) is 3. The molecule has 458 valence electrons. The maximum Gasteiger partial charge on any atom is 0.0467 e. The molecule has 18 rings (SSSR count). The van der Waals surface area contributed by atoms with Gasteiger partial charge in [0.2, 0.25) is 0 Å². The summed E-state index contributed by atoms with van der Waals surface area (Å²) >= 11 is 0. The van der Waals surface area contributed by atoms with Gasteiger partial charge in [-0.25, -0.2) is 0 Å². The Balaban J connectivity index is 0.000000112. The molecule has 0 unspecified atom stereocenters. The van der Waals surface area contributed by atoms with Crippen LogP contribution in [0.3, 0.4) is 0 Å². The highest BCUT2D eigenvalue weighted by Crippen LogP contribution is 2.56. The molecule has 13 aromatic carbocycles. The van der Waals surface area contributed by atoms with Gasteiger partial charge in [0.15, 0.2) is 0 Å². The van der Waals surface area contributed by atoms with Gasteiger partial charge in [0, 0.05) is 66.6 Å². The Hall–Kier alpha value is -10.5. The molecule has 0 heterocycles. The zero-order valence-corrected chi connectivity index (χ0v) is 55.6. The lowest BCUT2D eigenvalue weighted by Gasteiger charge is -2.24. The van der Waals surface area contributed by atoms with Crippen LogP contribution in [-0.2, 0) is 27.1 Å². The van der Waals surface area contributed by atoms with Crippen molar-refractivity contribution < 1.29 is 0 Å². The van der Waals surface area contributed by atoms with E-state index < -0.39 is 0 Å². The van der Waals surface area contributed by atoms with Crippen molar-refractivity contribution in [2.24, 2.45) is 0 Å². The molecule has 5 aliphatic rings. The van der Waals surface area contributed by atoms with Gasteiger partial charge in [-0.1, -0.05) is 282 Å². The van der Waals surface area contributed by atoms with Crippen LogP contribution in [0, 0.1) is 0 Å². The molecule has 0 radical (unpaired) electrons. The third kappa shape index (κ3) is 9.37. The minimum atomic E-state index is -0.0338. The van der Waals surface area contributed by atoms with Crippen LogP contribution in [0.5, 0.6) is 0 Å². The fourth-order valence-corrected chi connectivity index (χ4v) is 16.6. The second-order valence-corrected chi connectivity index (χ2v) is 29.1. The molecule has 0 atom stereocenters. The van der Waals surface area contributed by atoms with E-state index in [-0.39, 0.29) is 27.1 Å². The first kappa shape index (κ1) is 58.6. The molecular weight excluding hydrogens is 1140 g/mol. The highest BCUT2D eigenvalue weighted by Gasteiger charge is 2.40. The molecular formula is C91H79N3. The average Bonchev–Trinajstić information content (AvgIpc) is 1.57. The predicted octanol–water partition coefficient (Wildman–Crippen LogP) is 24.6. The summed E-state index contributed by atoms with van der Waals surface area (Å²) < 4.78 is 0. The Bertz CT molecular complexity index is 5080. The molecule has 0 saturated carbocycles. The quantitative estimate of drug-likeness (QED) is 0.149. The first-order valence-corrected chi connectivity index (χ1v) is 33.5. The smallest absolute Gasteiger partial charge is 0.0467 e. The number of benzene rings is 13. The Morgan fingerprint density at radius 2 is 0.468 bits per heavy atom. The molecule has 0 aromatic heterocycles. The second kappa shape index (κ2) is 21.8. The fraction of sp³-hybridized carbons (Fsp3) is 0.165. The van der Waals surface area contributed by atoms with Crippen LogP contribution in [0.2, 0.25) is 0 Å². The largest absolute Gasteiger partial charge is 0.356 e. The van der Waals surface area contributed by atoms with Crippen molar-refractivity contribution in [2.75, 3.05) is 16.0 Å². The molecule has 3 N–H and O–H groups in total. The van der Waals surface area contributed by atoms with Gasteiger partial charge in [0.05, 0.1) is 0 Å². The summed E-state index contributed by atoms with van der Waals surface area (Å²) in [4.78, 5) is 0. The molecule has 0 fully saturated rings. The standard InChI is InChI=1S/C34H29N.C30H27N.C27H23N/c1-33(2)27-15-9-7-11-22(27)23-18-17-21(19-29(23)33)35-31-20-30-32(25-13-6-5-12-24(25)31)26-14-8-10-16-28(26)34(30,3)4;1-29(2)25-11-7-5-9-21(25)23-15-13-19(17-27(23)29)31-20-14-16-24-22-10-6-8-12-26(22)30(3,4)28(24)18-20;1-27(2)25-11-7-6-10-23(25)24-17-16-22(18-26(24)27)28-21-14-12-20(13-15-21)19-8-4-3-5-9-19/h5-20,35H,1-4H3;5-18,31H,1-4H3;3-18,28H,1-2H3. The third-order valence-electron chi connectivity index (χ3n) is 21.8. The molecule has 94 heavy (non-hydrogen) atoms. The summed E-state index contributed by atoms with van der Waals surface area (Å²) in [6.45, 7) is 23.3. The van der Waals surface area contributed by atoms with Gasteiger partial charge in [0.25, 0.3) is 0 Å². The average molecular weight is 1210 g/mol. The van der Waals surface area contributed by atoms with Gasteiger partial charge in [-0.15, -0.1) is 0 Å². The van der Waals surface area contributed by atoms with E-state index in [0.29, 0.717) is 0 Å². The molecule has 0 bridgehead atoms. The maximum atomic E-state index is 3.84. The maximum absolute atomic E-state index is 3.84. The number of fused-ring (bicyclic) bond motifs is 17. The zero-order chi connectivity index (χ0) is 64.5. The molecule has 13 aromatic rings. The molecule has 0 saturated heterocycles. The van der Waals surface area contributed by atoms with Crippen molar-refractivity contribution in [3.8, 4) is 66.8 Å². The predicted molar refractivity (Wildman–Crippen MR) is 399 cm³/mol. The first-order valence-electron chi connectivity index (χ1n) is 33.5. The minimum absolute atomic E-state index is 0.00669. The summed E-state index contributed by atoms with van der Waals surface area (Å²) in [5, 5.41) is 13.7. The van der Waals surface area contributed by atoms with E-state index in [1.165, 1.54) is 139 Å². The van der Waals surface area contributed by atoms with Crippen molar-refractivity contribution in [1.29, 1.82) is 0 Å². The van der Waals surface area contributed by atoms with Crippen molar-refractivity contribution in [3.63, 3.8) is 0 Å². The Labute approximate surface area is 555 Å². The van der Waals surface area contributed by atoms with Gasteiger partial charge in [-0.2, -0.15) is 0 Å². The molecule has 3 heteroatoms. The molecule has 0 spiro atoms. The molecule has 0 amide bonds. The normalized spacial score (nSPS) is 15.3. The molecule has 3 nitrogen and oxygen atoms in total. The van der Waals surface area contributed by atoms with Crippen LogP contribution in [-0.4, -0.2) is 0 Å². The van der Waals surface area contributed by atoms with E-state index in [1.54, 1.807) is 0 Å². The van der Waals surface area contributed by atoms with E-state index in [0.717, 1.165) is 28.4 Å². The summed E-state index contributed by atoms with van der Waals surface area (Å²) in [5.41, 5.74) is 37.0. The molecule has 0 aliphatic heterocycles. The summed E-state index contributed by atoms with van der Waals surface area (Å²) in [5.74, 6) is 0. The van der Waals surface area contributed by atoms with Crippen LogP contribution in [0.25, 0.3) is 77.5 Å². The van der Waals surface area contributed by atoms with Crippen molar-refractivity contribution in [3.05, 3.63) is 335 Å². The van der Waals surface area contributed by atoms with Crippen LogP contribution >= 0.6 is 0 Å². The lowest BCUT2D eigenvalue weighted by Crippen LogP contribution is -2.15. The van der Waals surface area contributed by atoms with E-state index in [1.807, 2.05) is 6.07 Å². The van der Waals surface area contributed by atoms with Crippen LogP contribution in [0.1, 0.15) is 125 Å². The van der Waals surface area contributed by atoms with Gasteiger partial charge >= 0.3 is 0 Å². The number of rotatable bonds is 7. The summed E-state index contributed by atoms with van der Waals surface area (Å²) in [6, 6.07) is 102. The SMILES string of the molecule is CC1(C)c2ccccc2-c2ccc(Nc3cc4c(c5ccccc35)-c3ccccc3C4(C)C)cc21.CC1(C)c2ccccc2-c2ccc(Nc3ccc(-c4ccccc4)cc3)cc21.CC1(C)c2ccccc2-c2ccc(Nc3ccc4c(c3)C(C)(C)c3ccccc3-4)cc21. The fourth-order valence-electron chi connectivity index (χ4n) is 16.6. The van der Waals surface area contributed by atoms with Crippen molar-refractivity contribution in [2.45, 2.75) is 96.3 Å². The van der Waals surface area contributed by atoms with Crippen LogP contribution in [0.15, 0.2) is 279 Å². The van der Waals surface area contributed by atoms with Crippen molar-refractivity contribution in [1.82, 2.24) is 0 Å². The number of hydrogen-bond donors (Lipinski definition) is 3. The third-order valence-corrected chi connectivity index (χ3v) is 21.8. The van der Waals surface area contributed by atoms with Gasteiger partial charge in [-0.3, -0.25) is 0 Å². The second-order valence-electron chi connectivity index (χ2n) is 29.1. The monoisotopic (exact) mass is 1210 g/mol. The Morgan fingerprint density at radius 3 is 0.872 bits per heavy atom. The molecule has 5 aliphatic carbocycles. The van der Waals surface area contributed by atoms with Crippen molar-refractivity contribution >= 4 is 44.9 Å². The lowest BCUT2D eigenvalue weighted by atomic mass is 9.81. The topological polar surface area (TPSA) is 36.1 Å². The van der Waals surface area contributed by atoms with Crippen LogP contribution in [0.4, 0.5) is 34.1 Å². The first-order chi connectivity index (χ1) is 45.4. The van der Waals surface area contributed by atoms with E-state index in [9.17, 15) is 0 Å². The zero-order valence-electron chi connectivity index (χ0n) is 55.6. The Kier molecular flexibility index (Phi) is 13.6. The van der Waals surface area contributed by atoms with E-state index in [4.69, 9.17) is 0 Å². The summed E-state index contributed by atoms with van der Waals surface area (Å²) in [6.07, 6.45) is 0. The highest BCUT2D eigenvalue weighted by molar-refractivity contribution is 6.08. The number of anilines is 6. The highest BCUT2D eigenvalue weighted by atomic mass is 14.9. The van der Waals surface area contributed by atoms with Gasteiger partial charge in [0.1, 0.15) is 0 Å². The number of nitrogens with one attached hydrogen (secondary N) is 3. The van der Waals surface area contributed by atoms with Crippen LogP contribution < -0.4 is 16.0 Å². The minimum Gasteiger partial charge on any atom is -0.356 e. The lowest BCUT2D eigenvalue weighted by molar-refractivity contribution is 0.660. The Morgan fingerprint density at radius 1 is 0.191 bits per heavy atom. The summed E-state index contributed by atoms with van der Waals surface area (Å²) in [7, 11) is 0. The van der Waals surface area contributed by atoms with E-state index >= 15 is 0 Å². The van der Waals surface area contributed by atoms with E-state index in [2.05, 4.69) is 358 Å². The van der Waals surface area contributed by atoms with Gasteiger partial charge < -0.3 is 16.0 Å².